The Bertz CT molecular complexity index is 544. The van der Waals surface area contributed by atoms with E-state index in [-0.39, 0.29) is 5.91 Å². The molecular formula is C11H9ClN4O. The number of hydrogen-bond donors (Lipinski definition) is 2. The molecule has 3 N–H and O–H groups in total. The van der Waals surface area contributed by atoms with Gasteiger partial charge in [-0.1, -0.05) is 11.6 Å². The summed E-state index contributed by atoms with van der Waals surface area (Å²) in [6, 6.07) is 8.01. The van der Waals surface area contributed by atoms with E-state index in [1.165, 1.54) is 12.3 Å². The Kier molecular flexibility index (Phi) is 3.20. The van der Waals surface area contributed by atoms with Gasteiger partial charge < -0.3 is 11.1 Å². The van der Waals surface area contributed by atoms with Gasteiger partial charge >= 0.3 is 0 Å². The molecule has 0 spiro atoms. The summed E-state index contributed by atoms with van der Waals surface area (Å²) in [5.74, 6) is -0.0150. The maximum atomic E-state index is 11.9. The zero-order chi connectivity index (χ0) is 12.3. The molecule has 1 amide bonds. The van der Waals surface area contributed by atoms with Crippen molar-refractivity contribution in [2.24, 2.45) is 0 Å². The van der Waals surface area contributed by atoms with Gasteiger partial charge in [0.2, 0.25) is 0 Å². The van der Waals surface area contributed by atoms with E-state index in [1.807, 2.05) is 0 Å². The number of amides is 1. The minimum atomic E-state index is -0.372. The van der Waals surface area contributed by atoms with Crippen LogP contribution in [-0.2, 0) is 0 Å². The lowest BCUT2D eigenvalue weighted by molar-refractivity contribution is 0.102. The van der Waals surface area contributed by atoms with Gasteiger partial charge in [-0.25, -0.2) is 0 Å². The van der Waals surface area contributed by atoms with Gasteiger partial charge in [-0.05, 0) is 30.3 Å². The number of carbonyl (C=O) groups is 1. The normalized spacial score (nSPS) is 9.94. The summed E-state index contributed by atoms with van der Waals surface area (Å²) in [6.07, 6.45) is 1.52. The molecule has 86 valence electrons. The van der Waals surface area contributed by atoms with Crippen molar-refractivity contribution in [3.63, 3.8) is 0 Å². The SMILES string of the molecule is Nc1ccc(Cl)c(C(=O)Nc2cccnn2)c1. The maximum Gasteiger partial charge on any atom is 0.258 e. The van der Waals surface area contributed by atoms with E-state index in [2.05, 4.69) is 15.5 Å². The van der Waals surface area contributed by atoms with Gasteiger partial charge in [-0.3, -0.25) is 4.79 Å². The molecule has 0 fully saturated rings. The maximum absolute atomic E-state index is 11.9. The predicted octanol–water partition coefficient (Wildman–Crippen LogP) is 1.96. The van der Waals surface area contributed by atoms with Crippen LogP contribution < -0.4 is 11.1 Å². The smallest absolute Gasteiger partial charge is 0.258 e. The highest BCUT2D eigenvalue weighted by Crippen LogP contribution is 2.19. The highest BCUT2D eigenvalue weighted by molar-refractivity contribution is 6.34. The van der Waals surface area contributed by atoms with Gasteiger partial charge in [0.1, 0.15) is 0 Å². The molecule has 6 heteroatoms. The summed E-state index contributed by atoms with van der Waals surface area (Å²) < 4.78 is 0. The number of carbonyl (C=O) groups excluding carboxylic acids is 1. The first-order valence-electron chi connectivity index (χ1n) is 4.81. The number of anilines is 2. The van der Waals surface area contributed by atoms with E-state index in [1.54, 1.807) is 24.3 Å². The van der Waals surface area contributed by atoms with E-state index in [0.29, 0.717) is 22.1 Å². The second kappa shape index (κ2) is 4.80. The Morgan fingerprint density at radius 2 is 2.18 bits per heavy atom. The van der Waals surface area contributed by atoms with Crippen LogP contribution in [0, 0.1) is 0 Å². The third-order valence-electron chi connectivity index (χ3n) is 2.05. The van der Waals surface area contributed by atoms with Crippen LogP contribution in [-0.4, -0.2) is 16.1 Å². The van der Waals surface area contributed by atoms with E-state index < -0.39 is 0 Å². The van der Waals surface area contributed by atoms with Crippen LogP contribution in [0.1, 0.15) is 10.4 Å². The first kappa shape index (κ1) is 11.3. The van der Waals surface area contributed by atoms with Crippen molar-refractivity contribution in [3.05, 3.63) is 47.1 Å². The lowest BCUT2D eigenvalue weighted by Crippen LogP contribution is -2.14. The first-order chi connectivity index (χ1) is 8.16. The lowest BCUT2D eigenvalue weighted by Gasteiger charge is -2.06. The fraction of sp³-hybridized carbons (Fsp3) is 0. The molecule has 0 aliphatic rings. The monoisotopic (exact) mass is 248 g/mol. The number of hydrogen-bond acceptors (Lipinski definition) is 4. The van der Waals surface area contributed by atoms with Gasteiger partial charge in [0.05, 0.1) is 10.6 Å². The Morgan fingerprint density at radius 3 is 2.88 bits per heavy atom. The van der Waals surface area contributed by atoms with Gasteiger partial charge in [0.15, 0.2) is 5.82 Å². The summed E-state index contributed by atoms with van der Waals surface area (Å²) in [5.41, 5.74) is 6.37. The first-order valence-corrected chi connectivity index (χ1v) is 5.18. The van der Waals surface area contributed by atoms with E-state index in [9.17, 15) is 4.79 Å². The number of nitrogen functional groups attached to an aromatic ring is 1. The highest BCUT2D eigenvalue weighted by Gasteiger charge is 2.11. The minimum Gasteiger partial charge on any atom is -0.399 e. The molecule has 0 atom stereocenters. The molecule has 0 saturated carbocycles. The van der Waals surface area contributed by atoms with Crippen molar-refractivity contribution in [3.8, 4) is 0 Å². The molecule has 0 unspecified atom stereocenters. The molecule has 0 aliphatic carbocycles. The fourth-order valence-electron chi connectivity index (χ4n) is 1.27. The minimum absolute atomic E-state index is 0.303. The molecule has 0 bridgehead atoms. The number of rotatable bonds is 2. The topological polar surface area (TPSA) is 80.9 Å². The number of halogens is 1. The van der Waals surface area contributed by atoms with E-state index >= 15 is 0 Å². The molecule has 0 aliphatic heterocycles. The van der Waals surface area contributed by atoms with Gasteiger partial charge in [0, 0.05) is 11.9 Å². The molecule has 5 nitrogen and oxygen atoms in total. The van der Waals surface area contributed by atoms with Crippen molar-refractivity contribution in [2.45, 2.75) is 0 Å². The predicted molar refractivity (Wildman–Crippen MR) is 65.8 cm³/mol. The summed E-state index contributed by atoms with van der Waals surface area (Å²) in [4.78, 5) is 11.9. The second-order valence-corrected chi connectivity index (χ2v) is 3.71. The summed E-state index contributed by atoms with van der Waals surface area (Å²) >= 11 is 5.90. The van der Waals surface area contributed by atoms with Crippen molar-refractivity contribution in [2.75, 3.05) is 11.1 Å². The van der Waals surface area contributed by atoms with Crippen LogP contribution in [0.3, 0.4) is 0 Å². The van der Waals surface area contributed by atoms with Crippen LogP contribution in [0.4, 0.5) is 11.5 Å². The zero-order valence-corrected chi connectivity index (χ0v) is 9.48. The Balaban J connectivity index is 2.23. The third kappa shape index (κ3) is 2.70. The average molecular weight is 249 g/mol. The fourth-order valence-corrected chi connectivity index (χ4v) is 1.47. The Morgan fingerprint density at radius 1 is 1.35 bits per heavy atom. The van der Waals surface area contributed by atoms with Crippen LogP contribution in [0.15, 0.2) is 36.5 Å². The van der Waals surface area contributed by atoms with Crippen molar-refractivity contribution >= 4 is 29.0 Å². The molecule has 0 saturated heterocycles. The number of nitrogens with one attached hydrogen (secondary N) is 1. The second-order valence-electron chi connectivity index (χ2n) is 3.30. The average Bonchev–Trinajstić information content (AvgIpc) is 2.33. The van der Waals surface area contributed by atoms with Crippen LogP contribution in [0.25, 0.3) is 0 Å². The molecule has 1 aromatic heterocycles. The molecular weight excluding hydrogens is 240 g/mol. The third-order valence-corrected chi connectivity index (χ3v) is 2.38. The highest BCUT2D eigenvalue weighted by atomic mass is 35.5. The molecule has 1 heterocycles. The Labute approximate surface area is 103 Å². The summed E-state index contributed by atoms with van der Waals surface area (Å²) in [6.45, 7) is 0. The molecule has 2 rings (SSSR count). The summed E-state index contributed by atoms with van der Waals surface area (Å²) in [7, 11) is 0. The number of benzene rings is 1. The van der Waals surface area contributed by atoms with Gasteiger partial charge in [-0.2, -0.15) is 5.10 Å². The van der Waals surface area contributed by atoms with Crippen LogP contribution in [0.2, 0.25) is 5.02 Å². The van der Waals surface area contributed by atoms with Gasteiger partial charge in [0.25, 0.3) is 5.91 Å². The van der Waals surface area contributed by atoms with E-state index in [4.69, 9.17) is 17.3 Å². The van der Waals surface area contributed by atoms with E-state index in [0.717, 1.165) is 0 Å². The van der Waals surface area contributed by atoms with Crippen LogP contribution in [0.5, 0.6) is 0 Å². The van der Waals surface area contributed by atoms with Gasteiger partial charge in [-0.15, -0.1) is 5.10 Å². The number of aromatic nitrogens is 2. The molecule has 17 heavy (non-hydrogen) atoms. The number of nitrogens with zero attached hydrogens (tertiary/aromatic N) is 2. The number of nitrogens with two attached hydrogens (primary N) is 1. The standard InChI is InChI=1S/C11H9ClN4O/c12-9-4-3-7(13)6-8(9)11(17)15-10-2-1-5-14-16-10/h1-6H,13H2,(H,15,16,17). The molecule has 0 radical (unpaired) electrons. The summed E-state index contributed by atoms with van der Waals surface area (Å²) in [5, 5.41) is 10.3. The quantitative estimate of drug-likeness (QED) is 0.796. The largest absolute Gasteiger partial charge is 0.399 e. The zero-order valence-electron chi connectivity index (χ0n) is 8.72. The lowest BCUT2D eigenvalue weighted by atomic mass is 10.2. The molecule has 1 aromatic carbocycles. The van der Waals surface area contributed by atoms with Crippen molar-refractivity contribution < 1.29 is 4.79 Å². The van der Waals surface area contributed by atoms with Crippen molar-refractivity contribution in [1.29, 1.82) is 0 Å². The Hall–Kier alpha value is -2.14. The van der Waals surface area contributed by atoms with Crippen LogP contribution >= 0.6 is 11.6 Å². The van der Waals surface area contributed by atoms with Crippen molar-refractivity contribution in [1.82, 2.24) is 10.2 Å². The molecule has 2 aromatic rings.